The van der Waals surface area contributed by atoms with Gasteiger partial charge in [-0.25, -0.2) is 0 Å². The minimum atomic E-state index is -0.357. The molecule has 1 atom stereocenters. The van der Waals surface area contributed by atoms with Gasteiger partial charge < -0.3 is 25.4 Å². The van der Waals surface area contributed by atoms with Gasteiger partial charge in [0.25, 0.3) is 0 Å². The van der Waals surface area contributed by atoms with E-state index in [1.54, 1.807) is 6.92 Å². The molecule has 0 spiro atoms. The molecule has 0 aliphatic carbocycles. The number of esters is 1. The van der Waals surface area contributed by atoms with Crippen molar-refractivity contribution in [1.29, 1.82) is 0 Å². The Morgan fingerprint density at radius 3 is 2.12 bits per heavy atom. The maximum Gasteiger partial charge on any atom is 0.323 e. The van der Waals surface area contributed by atoms with Crippen LogP contribution >= 0.6 is 0 Å². The Bertz CT molecular complexity index is 164. The van der Waals surface area contributed by atoms with Gasteiger partial charge in [0, 0.05) is 6.61 Å². The molecule has 0 bridgehead atoms. The van der Waals surface area contributed by atoms with Crippen molar-refractivity contribution in [2.75, 3.05) is 33.0 Å². The summed E-state index contributed by atoms with van der Waals surface area (Å²) in [7, 11) is 0. The van der Waals surface area contributed by atoms with E-state index in [4.69, 9.17) is 20.1 Å². The Labute approximate surface area is 103 Å². The molecular weight excluding hydrogens is 226 g/mol. The van der Waals surface area contributed by atoms with Crippen LogP contribution in [0.5, 0.6) is 0 Å². The summed E-state index contributed by atoms with van der Waals surface area (Å²) in [5, 5.41) is 27.0. The van der Waals surface area contributed by atoms with Gasteiger partial charge in [0.15, 0.2) is 0 Å². The van der Waals surface area contributed by atoms with Gasteiger partial charge in [-0.2, -0.15) is 0 Å². The molecule has 4 N–H and O–H groups in total. The Morgan fingerprint density at radius 2 is 1.76 bits per heavy atom. The molecule has 1 unspecified atom stereocenters. The average Bonchev–Trinajstić information content (AvgIpc) is 2.35. The first-order valence-electron chi connectivity index (χ1n) is 5.90. The molecule has 0 radical (unpaired) electrons. The molecule has 0 rings (SSSR count). The number of hydrogen-bond donors (Lipinski definition) is 4. The number of hydrogen-bond acceptors (Lipinski definition) is 6. The lowest BCUT2D eigenvalue weighted by atomic mass is 10.2. The molecule has 0 saturated heterocycles. The largest absolute Gasteiger partial charge is 0.465 e. The predicted octanol–water partition coefficient (Wildman–Crippen LogP) is -0.729. The van der Waals surface area contributed by atoms with Gasteiger partial charge in [-0.05, 0) is 26.3 Å². The van der Waals surface area contributed by atoms with E-state index in [2.05, 4.69) is 5.32 Å². The number of carbonyl (C=O) groups excluding carboxylic acids is 1. The Balaban J connectivity index is 0. The molecule has 0 saturated carbocycles. The molecular formula is C11H25NO5. The standard InChI is InChI=1S/C9H19NO3.C2H6O2/c1-3-6-10-8(5-7-11)9(12)13-4-2;3-1-2-4/h8,10-11H,3-7H2,1-2H3;3-4H,1-2H2. The van der Waals surface area contributed by atoms with Gasteiger partial charge in [0.2, 0.25) is 0 Å². The average molecular weight is 251 g/mol. The number of carbonyl (C=O) groups is 1. The van der Waals surface area contributed by atoms with Crippen LogP contribution in [0, 0.1) is 0 Å². The molecule has 6 nitrogen and oxygen atoms in total. The highest BCUT2D eigenvalue weighted by atomic mass is 16.5. The van der Waals surface area contributed by atoms with Gasteiger partial charge in [-0.3, -0.25) is 4.79 Å². The third-order valence-electron chi connectivity index (χ3n) is 1.73. The van der Waals surface area contributed by atoms with Crippen LogP contribution < -0.4 is 5.32 Å². The third-order valence-corrected chi connectivity index (χ3v) is 1.73. The van der Waals surface area contributed by atoms with Crippen LogP contribution in [0.2, 0.25) is 0 Å². The second kappa shape index (κ2) is 15.3. The van der Waals surface area contributed by atoms with Crippen molar-refractivity contribution in [2.24, 2.45) is 0 Å². The zero-order chi connectivity index (χ0) is 13.5. The van der Waals surface area contributed by atoms with E-state index in [0.717, 1.165) is 13.0 Å². The van der Waals surface area contributed by atoms with Crippen LogP contribution in [-0.4, -0.2) is 60.3 Å². The molecule has 17 heavy (non-hydrogen) atoms. The lowest BCUT2D eigenvalue weighted by molar-refractivity contribution is -0.146. The second-order valence-electron chi connectivity index (χ2n) is 3.22. The summed E-state index contributed by atoms with van der Waals surface area (Å²) < 4.78 is 4.84. The van der Waals surface area contributed by atoms with Crippen LogP contribution in [0.3, 0.4) is 0 Å². The highest BCUT2D eigenvalue weighted by Crippen LogP contribution is 1.95. The van der Waals surface area contributed by atoms with Crippen molar-refractivity contribution in [2.45, 2.75) is 32.7 Å². The minimum Gasteiger partial charge on any atom is -0.465 e. The number of ether oxygens (including phenoxy) is 1. The van der Waals surface area contributed by atoms with Gasteiger partial charge in [-0.1, -0.05) is 6.92 Å². The van der Waals surface area contributed by atoms with E-state index >= 15 is 0 Å². The molecule has 6 heteroatoms. The summed E-state index contributed by atoms with van der Waals surface area (Å²) >= 11 is 0. The smallest absolute Gasteiger partial charge is 0.323 e. The summed E-state index contributed by atoms with van der Waals surface area (Å²) in [5.41, 5.74) is 0. The van der Waals surface area contributed by atoms with E-state index in [1.807, 2.05) is 6.92 Å². The van der Waals surface area contributed by atoms with Crippen molar-refractivity contribution in [1.82, 2.24) is 5.32 Å². The van der Waals surface area contributed by atoms with Gasteiger partial charge >= 0.3 is 5.97 Å². The number of aliphatic hydroxyl groups excluding tert-OH is 3. The van der Waals surface area contributed by atoms with Crippen molar-refractivity contribution < 1.29 is 24.9 Å². The lowest BCUT2D eigenvalue weighted by Gasteiger charge is -2.15. The number of nitrogens with one attached hydrogen (secondary N) is 1. The van der Waals surface area contributed by atoms with Crippen LogP contribution in [0.25, 0.3) is 0 Å². The summed E-state index contributed by atoms with van der Waals surface area (Å²) in [6, 6.07) is -0.357. The molecule has 0 amide bonds. The quantitative estimate of drug-likeness (QED) is 0.425. The van der Waals surface area contributed by atoms with Crippen molar-refractivity contribution >= 4 is 5.97 Å². The van der Waals surface area contributed by atoms with Crippen LogP contribution in [0.1, 0.15) is 26.7 Å². The Hall–Kier alpha value is -0.690. The van der Waals surface area contributed by atoms with E-state index in [-0.39, 0.29) is 31.8 Å². The van der Waals surface area contributed by atoms with Gasteiger partial charge in [-0.15, -0.1) is 0 Å². The first-order chi connectivity index (χ1) is 8.17. The zero-order valence-corrected chi connectivity index (χ0v) is 10.7. The SMILES string of the molecule is CCCNC(CCO)C(=O)OCC.OCCO. The highest BCUT2D eigenvalue weighted by Gasteiger charge is 2.17. The van der Waals surface area contributed by atoms with Crippen LogP contribution in [-0.2, 0) is 9.53 Å². The normalized spacial score (nSPS) is 11.4. The van der Waals surface area contributed by atoms with Crippen molar-refractivity contribution in [3.8, 4) is 0 Å². The third kappa shape index (κ3) is 13.2. The van der Waals surface area contributed by atoms with E-state index < -0.39 is 0 Å². The Morgan fingerprint density at radius 1 is 1.18 bits per heavy atom. The topological polar surface area (TPSA) is 99.0 Å². The Kier molecular flexibility index (Phi) is 16.8. The van der Waals surface area contributed by atoms with Crippen LogP contribution in [0.4, 0.5) is 0 Å². The van der Waals surface area contributed by atoms with Crippen molar-refractivity contribution in [3.63, 3.8) is 0 Å². The van der Waals surface area contributed by atoms with Crippen molar-refractivity contribution in [3.05, 3.63) is 0 Å². The highest BCUT2D eigenvalue weighted by molar-refractivity contribution is 5.75. The fourth-order valence-electron chi connectivity index (χ4n) is 0.994. The molecule has 0 aromatic rings. The summed E-state index contributed by atoms with van der Waals surface area (Å²) in [6.07, 6.45) is 1.38. The maximum atomic E-state index is 11.2. The predicted molar refractivity (Wildman–Crippen MR) is 64.6 cm³/mol. The number of rotatable bonds is 8. The first-order valence-corrected chi connectivity index (χ1v) is 5.90. The second-order valence-corrected chi connectivity index (χ2v) is 3.22. The lowest BCUT2D eigenvalue weighted by Crippen LogP contribution is -2.39. The molecule has 104 valence electrons. The van der Waals surface area contributed by atoms with Gasteiger partial charge in [0.05, 0.1) is 19.8 Å². The molecule has 0 heterocycles. The molecule has 0 aromatic heterocycles. The first kappa shape index (κ1) is 18.7. The zero-order valence-electron chi connectivity index (χ0n) is 10.7. The molecule has 0 fully saturated rings. The summed E-state index contributed by atoms with van der Waals surface area (Å²) in [6.45, 7) is 4.69. The van der Waals surface area contributed by atoms with E-state index in [0.29, 0.717) is 13.0 Å². The molecule has 0 aliphatic rings. The summed E-state index contributed by atoms with van der Waals surface area (Å²) in [4.78, 5) is 11.2. The van der Waals surface area contributed by atoms with E-state index in [1.165, 1.54) is 0 Å². The fourth-order valence-corrected chi connectivity index (χ4v) is 0.994. The molecule has 0 aliphatic heterocycles. The number of aliphatic hydroxyl groups is 3. The monoisotopic (exact) mass is 251 g/mol. The van der Waals surface area contributed by atoms with Gasteiger partial charge in [0.1, 0.15) is 6.04 Å². The summed E-state index contributed by atoms with van der Waals surface area (Å²) in [5.74, 6) is -0.273. The fraction of sp³-hybridized carbons (Fsp3) is 0.909. The van der Waals surface area contributed by atoms with E-state index in [9.17, 15) is 4.79 Å². The maximum absolute atomic E-state index is 11.2. The van der Waals surface area contributed by atoms with Crippen LogP contribution in [0.15, 0.2) is 0 Å². The molecule has 0 aromatic carbocycles. The minimum absolute atomic E-state index is 0.000194.